The van der Waals surface area contributed by atoms with Crippen LogP contribution in [0.1, 0.15) is 17.8 Å². The van der Waals surface area contributed by atoms with Crippen LogP contribution in [0.25, 0.3) is 42.5 Å². The minimum atomic E-state index is -4.42. The minimum absolute atomic E-state index is 0.0904. The van der Waals surface area contributed by atoms with Gasteiger partial charge in [0.2, 0.25) is 11.4 Å². The van der Waals surface area contributed by atoms with Crippen LogP contribution in [0.15, 0.2) is 97.1 Å². The average Bonchev–Trinajstić information content (AvgIpc) is 3.82. The van der Waals surface area contributed by atoms with E-state index in [1.807, 2.05) is 93.2 Å². The van der Waals surface area contributed by atoms with Crippen molar-refractivity contribution >= 4 is 75.0 Å². The van der Waals surface area contributed by atoms with Gasteiger partial charge in [0.15, 0.2) is 12.3 Å². The van der Waals surface area contributed by atoms with E-state index < -0.39 is 31.7 Å². The van der Waals surface area contributed by atoms with E-state index in [0.29, 0.717) is 11.6 Å². The molecule has 0 amide bonds. The van der Waals surface area contributed by atoms with E-state index >= 15 is 0 Å². The summed E-state index contributed by atoms with van der Waals surface area (Å²) in [6, 6.07) is 26.0. The maximum Gasteiger partial charge on any atom is 0.268 e. The lowest BCUT2D eigenvalue weighted by atomic mass is 10.1. The Morgan fingerprint density at radius 1 is 0.809 bits per heavy atom. The van der Waals surface area contributed by atoms with E-state index in [1.165, 1.54) is 11.3 Å². The molecule has 1 aliphatic rings. The lowest BCUT2D eigenvalue weighted by molar-refractivity contribution is -0.668. The Morgan fingerprint density at radius 2 is 1.57 bits per heavy atom. The molecule has 242 valence electrons. The topological polar surface area (TPSA) is 136 Å². The molecule has 47 heavy (non-hydrogen) atoms. The number of thiophene rings is 1. The fourth-order valence-corrected chi connectivity index (χ4v) is 8.83. The van der Waals surface area contributed by atoms with Gasteiger partial charge in [0.1, 0.15) is 4.70 Å². The van der Waals surface area contributed by atoms with E-state index in [2.05, 4.69) is 18.2 Å². The minimum Gasteiger partial charge on any atom is -0.748 e. The van der Waals surface area contributed by atoms with Crippen LogP contribution < -0.4 is 14.2 Å². The van der Waals surface area contributed by atoms with Gasteiger partial charge in [-0.1, -0.05) is 29.5 Å². The number of nitrogens with zero attached hydrogens (tertiary/aromatic N) is 3. The summed E-state index contributed by atoms with van der Waals surface area (Å²) in [5.74, 6) is 0.0185. The first-order valence-corrected chi connectivity index (χ1v) is 19.6. The molecule has 7 rings (SSSR count). The van der Waals surface area contributed by atoms with Crippen LogP contribution in [-0.2, 0) is 26.8 Å². The molecule has 0 N–H and O–H groups in total. The maximum atomic E-state index is 11.5. The number of rotatable bonds is 11. The summed E-state index contributed by atoms with van der Waals surface area (Å²) in [6.07, 6.45) is 5.92. The van der Waals surface area contributed by atoms with Crippen molar-refractivity contribution in [3.05, 3.63) is 102 Å². The summed E-state index contributed by atoms with van der Waals surface area (Å²) in [5.41, 5.74) is 3.50. The monoisotopic (exact) mass is 706 g/mol. The third-order valence-electron chi connectivity index (χ3n) is 7.86. The van der Waals surface area contributed by atoms with Crippen molar-refractivity contribution in [1.29, 1.82) is 0 Å². The molecule has 10 nitrogen and oxygen atoms in total. The molecular formula is C33H28N3O7S4-. The van der Waals surface area contributed by atoms with Gasteiger partial charge in [0.25, 0.3) is 5.01 Å². The zero-order valence-corrected chi connectivity index (χ0v) is 28.1. The highest BCUT2D eigenvalue weighted by Crippen LogP contribution is 2.44. The molecule has 3 aromatic heterocycles. The highest BCUT2D eigenvalue weighted by molar-refractivity contribution is 7.85. The average molecular weight is 707 g/mol. The van der Waals surface area contributed by atoms with Gasteiger partial charge in [0, 0.05) is 52.5 Å². The first-order valence-electron chi connectivity index (χ1n) is 14.8. The van der Waals surface area contributed by atoms with Crippen LogP contribution in [0, 0.1) is 0 Å². The number of thiazole rings is 1. The van der Waals surface area contributed by atoms with Crippen LogP contribution in [-0.4, -0.2) is 48.6 Å². The van der Waals surface area contributed by atoms with Crippen molar-refractivity contribution < 1.29 is 35.2 Å². The van der Waals surface area contributed by atoms with E-state index in [0.717, 1.165) is 47.1 Å². The number of hydrogen-bond acceptors (Lipinski definition) is 10. The Balaban J connectivity index is 1.29. The van der Waals surface area contributed by atoms with Gasteiger partial charge in [-0.05, 0) is 72.0 Å². The second-order valence-corrected chi connectivity index (χ2v) is 16.3. The Bertz CT molecular complexity index is 2330. The summed E-state index contributed by atoms with van der Waals surface area (Å²) >= 11 is 3.16. The SMILES string of the molecule is O=S(=O)([O-])CCCN1/C(=C/c2sc3ccc(-n4cccc4)cc3[n+]2CCCS(=O)(=O)[O-])Oc2ccc(-c3cc4ccccc4s3)cc21. The van der Waals surface area contributed by atoms with Gasteiger partial charge < -0.3 is 23.3 Å². The standard InChI is InChI=1S/C33H29N3O7S4/c37-46(38,39)17-5-15-35-26-19-24(31-20-23-7-1-2-8-29(23)44-31)9-11-28(26)43-32(35)22-33-36(16-6-18-47(40,41)42)27-21-25(10-12-30(27)45-33)34-13-3-4-14-34/h1-4,7-14,19-22H,5-6,15-18H2,(H-,37,38,39,40,41,42)/p-1. The van der Waals surface area contributed by atoms with Crippen molar-refractivity contribution in [2.24, 2.45) is 0 Å². The van der Waals surface area contributed by atoms with Crippen LogP contribution >= 0.6 is 22.7 Å². The predicted molar refractivity (Wildman–Crippen MR) is 183 cm³/mol. The number of ether oxygens (including phenoxy) is 1. The zero-order valence-electron chi connectivity index (χ0n) is 24.8. The third kappa shape index (κ3) is 6.98. The largest absolute Gasteiger partial charge is 0.748 e. The second kappa shape index (κ2) is 12.5. The second-order valence-electron chi connectivity index (χ2n) is 11.1. The van der Waals surface area contributed by atoms with Crippen LogP contribution in [0.5, 0.6) is 5.75 Å². The van der Waals surface area contributed by atoms with Crippen molar-refractivity contribution in [2.75, 3.05) is 23.0 Å². The van der Waals surface area contributed by atoms with Gasteiger partial charge in [-0.15, -0.1) is 11.3 Å². The van der Waals surface area contributed by atoms with Crippen LogP contribution in [0.4, 0.5) is 5.69 Å². The molecule has 6 aromatic rings. The fourth-order valence-electron chi connectivity index (χ4n) is 5.72. The summed E-state index contributed by atoms with van der Waals surface area (Å²) in [5, 5.41) is 1.89. The molecular weight excluding hydrogens is 679 g/mol. The molecule has 0 saturated heterocycles. The number of fused-ring (bicyclic) bond motifs is 3. The molecule has 0 saturated carbocycles. The van der Waals surface area contributed by atoms with Gasteiger partial charge in [0.05, 0.1) is 37.7 Å². The van der Waals surface area contributed by atoms with Crippen LogP contribution in [0.2, 0.25) is 0 Å². The summed E-state index contributed by atoms with van der Waals surface area (Å²) in [7, 11) is -8.82. The maximum absolute atomic E-state index is 11.5. The lowest BCUT2D eigenvalue weighted by Gasteiger charge is -2.19. The summed E-state index contributed by atoms with van der Waals surface area (Å²) in [4.78, 5) is 2.95. The van der Waals surface area contributed by atoms with E-state index in [1.54, 1.807) is 11.3 Å². The van der Waals surface area contributed by atoms with Crippen molar-refractivity contribution in [3.63, 3.8) is 0 Å². The molecule has 14 heteroatoms. The van der Waals surface area contributed by atoms with Gasteiger partial charge in [-0.2, -0.15) is 4.57 Å². The van der Waals surface area contributed by atoms with E-state index in [9.17, 15) is 25.9 Å². The summed E-state index contributed by atoms with van der Waals surface area (Å²) < 4.78 is 81.2. The highest BCUT2D eigenvalue weighted by Gasteiger charge is 2.30. The number of anilines is 1. The van der Waals surface area contributed by atoms with E-state index in [4.69, 9.17) is 4.74 Å². The number of aryl methyl sites for hydroxylation is 1. The Morgan fingerprint density at radius 3 is 2.34 bits per heavy atom. The molecule has 0 bridgehead atoms. The highest BCUT2D eigenvalue weighted by atomic mass is 32.2. The van der Waals surface area contributed by atoms with Crippen molar-refractivity contribution in [1.82, 2.24) is 4.57 Å². The molecule has 0 aliphatic carbocycles. The molecule has 0 fully saturated rings. The first-order chi connectivity index (χ1) is 22.5. The normalized spacial score (nSPS) is 14.3. The Kier molecular flexibility index (Phi) is 8.40. The molecule has 0 spiro atoms. The number of benzene rings is 3. The molecule has 3 aromatic carbocycles. The van der Waals surface area contributed by atoms with E-state index in [-0.39, 0.29) is 25.9 Å². The smallest absolute Gasteiger partial charge is 0.268 e. The fraction of sp³-hybridized carbons (Fsp3) is 0.182. The quantitative estimate of drug-likeness (QED) is 0.120. The van der Waals surface area contributed by atoms with Gasteiger partial charge in [-0.3, -0.25) is 0 Å². The van der Waals surface area contributed by atoms with Crippen molar-refractivity contribution in [2.45, 2.75) is 19.4 Å². The van der Waals surface area contributed by atoms with Crippen LogP contribution in [0.3, 0.4) is 0 Å². The first kappa shape index (κ1) is 31.5. The Labute approximate surface area is 279 Å². The molecule has 0 atom stereocenters. The van der Waals surface area contributed by atoms with Gasteiger partial charge in [-0.25, -0.2) is 16.8 Å². The summed E-state index contributed by atoms with van der Waals surface area (Å²) in [6.45, 7) is 0.487. The zero-order chi connectivity index (χ0) is 32.8. The predicted octanol–water partition coefficient (Wildman–Crippen LogP) is 5.93. The number of aromatic nitrogens is 2. The Hall–Kier alpha value is -4.05. The lowest BCUT2D eigenvalue weighted by Crippen LogP contribution is -2.36. The van der Waals surface area contributed by atoms with Crippen molar-refractivity contribution in [3.8, 4) is 21.9 Å². The molecule has 0 radical (unpaired) electrons. The van der Waals surface area contributed by atoms with Gasteiger partial charge >= 0.3 is 0 Å². The molecule has 4 heterocycles. The molecule has 1 aliphatic heterocycles. The third-order valence-corrected chi connectivity index (χ3v) is 11.7. The number of hydrogen-bond donors (Lipinski definition) is 0. The molecule has 0 unspecified atom stereocenters.